The number of carbonyl (C=O) groups excluding carboxylic acids is 1. The van der Waals surface area contributed by atoms with E-state index in [0.717, 1.165) is 0 Å². The molecule has 0 aromatic heterocycles. The van der Waals surface area contributed by atoms with E-state index in [1.807, 2.05) is 0 Å². The molecular formula is C15H22O4. The van der Waals surface area contributed by atoms with Crippen LogP contribution < -0.4 is 0 Å². The highest BCUT2D eigenvalue weighted by molar-refractivity contribution is 5.76. The Morgan fingerprint density at radius 1 is 1.05 bits per heavy atom. The predicted molar refractivity (Wildman–Crippen MR) is 72.7 cm³/mol. The second-order valence-electron chi connectivity index (χ2n) is 5.39. The molecule has 0 aromatic rings. The molecule has 0 saturated heterocycles. The molecule has 0 amide bonds. The summed E-state index contributed by atoms with van der Waals surface area (Å²) in [5.74, 6) is -1.44. The molecule has 106 valence electrons. The van der Waals surface area contributed by atoms with Crippen molar-refractivity contribution in [3.8, 4) is 0 Å². The van der Waals surface area contributed by atoms with Crippen molar-refractivity contribution in [3.05, 3.63) is 22.3 Å². The zero-order chi connectivity index (χ0) is 14.8. The van der Waals surface area contributed by atoms with Gasteiger partial charge in [-0.2, -0.15) is 0 Å². The average Bonchev–Trinajstić information content (AvgIpc) is 2.50. The van der Waals surface area contributed by atoms with Crippen molar-refractivity contribution in [2.75, 3.05) is 6.61 Å². The van der Waals surface area contributed by atoms with Crippen molar-refractivity contribution < 1.29 is 19.4 Å². The molecule has 19 heavy (non-hydrogen) atoms. The third-order valence-electron chi connectivity index (χ3n) is 4.41. The first-order chi connectivity index (χ1) is 8.70. The Kier molecular flexibility index (Phi) is 4.56. The fourth-order valence-electron chi connectivity index (χ4n) is 2.39. The Balaban J connectivity index is 2.68. The van der Waals surface area contributed by atoms with Crippen LogP contribution in [0, 0.1) is 5.41 Å². The number of hydrogen-bond donors (Lipinski definition) is 1. The van der Waals surface area contributed by atoms with E-state index in [1.165, 1.54) is 22.3 Å². The summed E-state index contributed by atoms with van der Waals surface area (Å²) >= 11 is 0. The maximum Gasteiger partial charge on any atom is 0.306 e. The summed E-state index contributed by atoms with van der Waals surface area (Å²) in [6, 6.07) is 0. The smallest absolute Gasteiger partial charge is 0.306 e. The zero-order valence-electron chi connectivity index (χ0n) is 12.3. The van der Waals surface area contributed by atoms with Crippen LogP contribution in [0.1, 0.15) is 47.5 Å². The molecule has 0 heterocycles. The number of carboxylic acid groups (broad SMARTS) is 1. The van der Waals surface area contributed by atoms with Gasteiger partial charge < -0.3 is 9.84 Å². The lowest BCUT2D eigenvalue weighted by atomic mass is 9.80. The van der Waals surface area contributed by atoms with Gasteiger partial charge in [-0.25, -0.2) is 0 Å². The van der Waals surface area contributed by atoms with Crippen LogP contribution in [0.25, 0.3) is 0 Å². The SMILES string of the molecule is CC1=C(C)C(C)(COC(=O)CCC(=O)O)C(C)=C1C. The van der Waals surface area contributed by atoms with Crippen LogP contribution in [0.2, 0.25) is 0 Å². The fraction of sp³-hybridized carbons (Fsp3) is 0.600. The minimum Gasteiger partial charge on any atom is -0.481 e. The standard InChI is InChI=1S/C15H22O4/c1-9-10(2)12(4)15(5,11(9)3)8-19-14(18)7-6-13(16)17/h6-8H2,1-5H3,(H,16,17). The third-order valence-corrected chi connectivity index (χ3v) is 4.41. The van der Waals surface area contributed by atoms with E-state index in [4.69, 9.17) is 9.84 Å². The third kappa shape index (κ3) is 3.06. The van der Waals surface area contributed by atoms with E-state index >= 15 is 0 Å². The Hall–Kier alpha value is -1.58. The lowest BCUT2D eigenvalue weighted by Gasteiger charge is -2.28. The summed E-state index contributed by atoms with van der Waals surface area (Å²) in [4.78, 5) is 21.9. The molecule has 4 nitrogen and oxygen atoms in total. The van der Waals surface area contributed by atoms with Crippen molar-refractivity contribution in [2.45, 2.75) is 47.5 Å². The first-order valence-corrected chi connectivity index (χ1v) is 6.44. The molecule has 1 aliphatic rings. The van der Waals surface area contributed by atoms with Crippen LogP contribution in [-0.2, 0) is 14.3 Å². The van der Waals surface area contributed by atoms with E-state index in [9.17, 15) is 9.59 Å². The largest absolute Gasteiger partial charge is 0.481 e. The maximum absolute atomic E-state index is 11.5. The van der Waals surface area contributed by atoms with Crippen molar-refractivity contribution in [1.82, 2.24) is 0 Å². The lowest BCUT2D eigenvalue weighted by molar-refractivity contribution is -0.149. The predicted octanol–water partition coefficient (Wildman–Crippen LogP) is 3.09. The molecule has 1 N–H and O–H groups in total. The number of hydrogen-bond acceptors (Lipinski definition) is 3. The fourth-order valence-corrected chi connectivity index (χ4v) is 2.39. The summed E-state index contributed by atoms with van der Waals surface area (Å²) in [6.45, 7) is 10.6. The zero-order valence-corrected chi connectivity index (χ0v) is 12.3. The van der Waals surface area contributed by atoms with Gasteiger partial charge in [0.05, 0.1) is 12.8 Å². The monoisotopic (exact) mass is 266 g/mol. The quantitative estimate of drug-likeness (QED) is 0.777. The minimum absolute atomic E-state index is 0.0745. The van der Waals surface area contributed by atoms with Crippen molar-refractivity contribution in [3.63, 3.8) is 0 Å². The van der Waals surface area contributed by atoms with Crippen LogP contribution in [0.5, 0.6) is 0 Å². The number of carboxylic acids is 1. The molecule has 0 aliphatic heterocycles. The van der Waals surface area contributed by atoms with E-state index in [2.05, 4.69) is 34.6 Å². The first-order valence-electron chi connectivity index (χ1n) is 6.44. The molecule has 0 bridgehead atoms. The average molecular weight is 266 g/mol. The van der Waals surface area contributed by atoms with Gasteiger partial charge in [0.25, 0.3) is 0 Å². The van der Waals surface area contributed by atoms with Crippen molar-refractivity contribution >= 4 is 11.9 Å². The van der Waals surface area contributed by atoms with E-state index in [1.54, 1.807) is 0 Å². The maximum atomic E-state index is 11.5. The Morgan fingerprint density at radius 3 is 1.95 bits per heavy atom. The molecule has 0 radical (unpaired) electrons. The summed E-state index contributed by atoms with van der Waals surface area (Å²) < 4.78 is 5.25. The van der Waals surface area contributed by atoms with Crippen LogP contribution in [0.3, 0.4) is 0 Å². The number of carbonyl (C=O) groups is 2. The highest BCUT2D eigenvalue weighted by Crippen LogP contribution is 2.46. The van der Waals surface area contributed by atoms with E-state index < -0.39 is 11.9 Å². The Labute approximate surface area is 114 Å². The molecular weight excluding hydrogens is 244 g/mol. The molecule has 0 spiro atoms. The van der Waals surface area contributed by atoms with Gasteiger partial charge in [0.15, 0.2) is 0 Å². The molecule has 0 aromatic carbocycles. The highest BCUT2D eigenvalue weighted by atomic mass is 16.5. The van der Waals surface area contributed by atoms with E-state index in [0.29, 0.717) is 0 Å². The molecule has 1 aliphatic carbocycles. The second kappa shape index (κ2) is 5.59. The molecule has 0 unspecified atom stereocenters. The minimum atomic E-state index is -0.983. The summed E-state index contributed by atoms with van der Waals surface area (Å²) in [5.41, 5.74) is 4.68. The summed E-state index contributed by atoms with van der Waals surface area (Å²) in [6.07, 6.45) is -0.258. The van der Waals surface area contributed by atoms with Gasteiger partial charge in [-0.15, -0.1) is 0 Å². The van der Waals surface area contributed by atoms with Crippen LogP contribution in [0.4, 0.5) is 0 Å². The number of aliphatic carboxylic acids is 1. The molecule has 0 saturated carbocycles. The number of rotatable bonds is 5. The topological polar surface area (TPSA) is 63.6 Å². The Morgan fingerprint density at radius 2 is 1.53 bits per heavy atom. The van der Waals surface area contributed by atoms with Gasteiger partial charge in [0.2, 0.25) is 0 Å². The molecule has 4 heteroatoms. The van der Waals surface area contributed by atoms with Crippen LogP contribution >= 0.6 is 0 Å². The van der Waals surface area contributed by atoms with Crippen molar-refractivity contribution in [1.29, 1.82) is 0 Å². The number of allylic oxidation sites excluding steroid dienone is 2. The van der Waals surface area contributed by atoms with Gasteiger partial charge in [-0.05, 0) is 45.8 Å². The lowest BCUT2D eigenvalue weighted by Crippen LogP contribution is -2.26. The molecule has 0 fully saturated rings. The number of ether oxygens (including phenoxy) is 1. The van der Waals surface area contributed by atoms with Gasteiger partial charge in [0, 0.05) is 5.41 Å². The molecule has 1 rings (SSSR count). The van der Waals surface area contributed by atoms with Gasteiger partial charge in [-0.3, -0.25) is 9.59 Å². The van der Waals surface area contributed by atoms with Crippen LogP contribution in [-0.4, -0.2) is 23.7 Å². The Bertz CT molecular complexity index is 445. The van der Waals surface area contributed by atoms with Crippen LogP contribution in [0.15, 0.2) is 22.3 Å². The van der Waals surface area contributed by atoms with Gasteiger partial charge in [0.1, 0.15) is 6.61 Å². The molecule has 0 atom stereocenters. The van der Waals surface area contributed by atoms with Gasteiger partial charge in [-0.1, -0.05) is 11.1 Å². The summed E-state index contributed by atoms with van der Waals surface area (Å²) in [5, 5.41) is 8.52. The normalized spacial score (nSPS) is 17.9. The van der Waals surface area contributed by atoms with Crippen molar-refractivity contribution in [2.24, 2.45) is 5.41 Å². The number of esters is 1. The summed E-state index contributed by atoms with van der Waals surface area (Å²) in [7, 11) is 0. The first kappa shape index (κ1) is 15.5. The highest BCUT2D eigenvalue weighted by Gasteiger charge is 2.37. The van der Waals surface area contributed by atoms with Gasteiger partial charge >= 0.3 is 11.9 Å². The van der Waals surface area contributed by atoms with E-state index in [-0.39, 0.29) is 24.9 Å². The second-order valence-corrected chi connectivity index (χ2v) is 5.39.